The lowest BCUT2D eigenvalue weighted by molar-refractivity contribution is -0.147. The molecule has 4 unspecified atom stereocenters. The van der Waals surface area contributed by atoms with E-state index in [0.29, 0.717) is 6.54 Å². The fraction of sp³-hybridized carbons (Fsp3) is 0.533. The van der Waals surface area contributed by atoms with Crippen LogP contribution in [0.2, 0.25) is 0 Å². The highest BCUT2D eigenvalue weighted by Gasteiger charge is 2.52. The molecule has 2 fully saturated rings. The van der Waals surface area contributed by atoms with E-state index in [-0.39, 0.29) is 36.0 Å². The smallest absolute Gasteiger partial charge is 0.313 e. The highest BCUT2D eigenvalue weighted by molar-refractivity contribution is 5.74. The Hall–Kier alpha value is -1.46. The Bertz CT molecular complexity index is 490. The number of methoxy groups -OCH3 is 1. The molecule has 0 radical (unpaired) electrons. The molecule has 108 valence electrons. The van der Waals surface area contributed by atoms with Gasteiger partial charge in [0.15, 0.2) is 0 Å². The van der Waals surface area contributed by atoms with E-state index in [0.717, 1.165) is 18.4 Å². The van der Waals surface area contributed by atoms with Gasteiger partial charge in [0.05, 0.1) is 19.3 Å². The molecule has 4 nitrogen and oxygen atoms in total. The molecule has 2 aliphatic rings. The molecule has 5 heteroatoms. The first-order chi connectivity index (χ1) is 9.69. The Labute approximate surface area is 117 Å². The fourth-order valence-corrected chi connectivity index (χ4v) is 3.21. The highest BCUT2D eigenvalue weighted by Crippen LogP contribution is 2.39. The standard InChI is InChI=1S/C15H18FNO3/c1-19-15(18)13-11-6-7-12(20-11)14(13)17-8-9-2-4-10(16)5-3-9/h2-5,11-14,17H,6-8H2,1H3. The van der Waals surface area contributed by atoms with Crippen LogP contribution in [0.15, 0.2) is 24.3 Å². The highest BCUT2D eigenvalue weighted by atomic mass is 19.1. The number of ether oxygens (including phenoxy) is 2. The monoisotopic (exact) mass is 279 g/mol. The number of rotatable bonds is 4. The molecule has 1 N–H and O–H groups in total. The second-order valence-corrected chi connectivity index (χ2v) is 5.37. The molecule has 2 bridgehead atoms. The molecule has 2 heterocycles. The zero-order chi connectivity index (χ0) is 14.1. The van der Waals surface area contributed by atoms with Crippen molar-refractivity contribution in [2.24, 2.45) is 5.92 Å². The van der Waals surface area contributed by atoms with E-state index in [1.54, 1.807) is 12.1 Å². The topological polar surface area (TPSA) is 47.6 Å². The number of halogens is 1. The summed E-state index contributed by atoms with van der Waals surface area (Å²) in [6, 6.07) is 6.33. The molecule has 2 saturated heterocycles. The zero-order valence-corrected chi connectivity index (χ0v) is 11.3. The van der Waals surface area contributed by atoms with E-state index in [1.807, 2.05) is 0 Å². The molecular formula is C15H18FNO3. The van der Waals surface area contributed by atoms with Crippen molar-refractivity contribution < 1.29 is 18.7 Å². The van der Waals surface area contributed by atoms with E-state index >= 15 is 0 Å². The van der Waals surface area contributed by atoms with Crippen molar-refractivity contribution in [2.45, 2.75) is 37.6 Å². The molecule has 0 amide bonds. The Morgan fingerprint density at radius 1 is 1.35 bits per heavy atom. The van der Waals surface area contributed by atoms with Gasteiger partial charge in [0.1, 0.15) is 11.7 Å². The molecule has 2 aliphatic heterocycles. The number of carbonyl (C=O) groups is 1. The largest absolute Gasteiger partial charge is 0.469 e. The SMILES string of the molecule is COC(=O)C1C2CCC(O2)C1NCc1ccc(F)cc1. The first-order valence-electron chi connectivity index (χ1n) is 6.90. The van der Waals surface area contributed by atoms with Crippen molar-refractivity contribution in [3.05, 3.63) is 35.6 Å². The lowest BCUT2D eigenvalue weighted by atomic mass is 9.84. The lowest BCUT2D eigenvalue weighted by Gasteiger charge is -2.26. The molecule has 20 heavy (non-hydrogen) atoms. The van der Waals surface area contributed by atoms with Gasteiger partial charge in [-0.3, -0.25) is 4.79 Å². The lowest BCUT2D eigenvalue weighted by Crippen LogP contribution is -2.47. The minimum atomic E-state index is -0.246. The predicted octanol–water partition coefficient (Wildman–Crippen LogP) is 1.63. The molecule has 1 aromatic carbocycles. The molecule has 0 aliphatic carbocycles. The van der Waals surface area contributed by atoms with E-state index < -0.39 is 0 Å². The van der Waals surface area contributed by atoms with Gasteiger partial charge in [0.25, 0.3) is 0 Å². The second kappa shape index (κ2) is 5.50. The number of hydrogen-bond donors (Lipinski definition) is 1. The summed E-state index contributed by atoms with van der Waals surface area (Å²) >= 11 is 0. The van der Waals surface area contributed by atoms with E-state index in [2.05, 4.69) is 5.32 Å². The third kappa shape index (κ3) is 2.43. The van der Waals surface area contributed by atoms with Crippen LogP contribution in [-0.2, 0) is 20.8 Å². The molecule has 3 rings (SSSR count). The fourth-order valence-electron chi connectivity index (χ4n) is 3.21. The van der Waals surface area contributed by atoms with Gasteiger partial charge < -0.3 is 14.8 Å². The van der Waals surface area contributed by atoms with Crippen LogP contribution in [-0.4, -0.2) is 31.3 Å². The van der Waals surface area contributed by atoms with Crippen LogP contribution in [0.25, 0.3) is 0 Å². The molecule has 1 aromatic rings. The van der Waals surface area contributed by atoms with Gasteiger partial charge in [-0.25, -0.2) is 4.39 Å². The number of hydrogen-bond acceptors (Lipinski definition) is 4. The van der Waals surface area contributed by atoms with Crippen LogP contribution >= 0.6 is 0 Å². The number of fused-ring (bicyclic) bond motifs is 2. The molecule has 0 spiro atoms. The predicted molar refractivity (Wildman–Crippen MR) is 70.4 cm³/mol. The average Bonchev–Trinajstić information content (AvgIpc) is 3.06. The van der Waals surface area contributed by atoms with Crippen LogP contribution in [0.1, 0.15) is 18.4 Å². The maximum Gasteiger partial charge on any atom is 0.313 e. The van der Waals surface area contributed by atoms with Gasteiger partial charge in [0.2, 0.25) is 0 Å². The first-order valence-corrected chi connectivity index (χ1v) is 6.90. The van der Waals surface area contributed by atoms with Crippen LogP contribution < -0.4 is 5.32 Å². The minimum absolute atomic E-state index is 0.0220. The summed E-state index contributed by atoms with van der Waals surface area (Å²) in [6.07, 6.45) is 1.93. The van der Waals surface area contributed by atoms with E-state index in [9.17, 15) is 9.18 Å². The summed E-state index contributed by atoms with van der Waals surface area (Å²) in [5.41, 5.74) is 0.984. The molecule has 4 atom stereocenters. The molecule has 0 saturated carbocycles. The van der Waals surface area contributed by atoms with Crippen LogP contribution in [0.4, 0.5) is 4.39 Å². The quantitative estimate of drug-likeness (QED) is 0.851. The van der Waals surface area contributed by atoms with Crippen molar-refractivity contribution in [3.63, 3.8) is 0 Å². The van der Waals surface area contributed by atoms with Crippen LogP contribution in [0.3, 0.4) is 0 Å². The number of nitrogens with one attached hydrogen (secondary N) is 1. The second-order valence-electron chi connectivity index (χ2n) is 5.37. The van der Waals surface area contributed by atoms with Gasteiger partial charge >= 0.3 is 5.97 Å². The Morgan fingerprint density at radius 3 is 2.75 bits per heavy atom. The number of benzene rings is 1. The van der Waals surface area contributed by atoms with Crippen LogP contribution in [0.5, 0.6) is 0 Å². The van der Waals surface area contributed by atoms with Crippen molar-refractivity contribution >= 4 is 5.97 Å². The van der Waals surface area contributed by atoms with Gasteiger partial charge in [-0.15, -0.1) is 0 Å². The Morgan fingerprint density at radius 2 is 2.05 bits per heavy atom. The third-order valence-corrected chi connectivity index (χ3v) is 4.20. The van der Waals surface area contributed by atoms with Crippen molar-refractivity contribution in [3.8, 4) is 0 Å². The number of esters is 1. The summed E-state index contributed by atoms with van der Waals surface area (Å²) < 4.78 is 23.5. The summed E-state index contributed by atoms with van der Waals surface area (Å²) in [7, 11) is 1.41. The third-order valence-electron chi connectivity index (χ3n) is 4.20. The van der Waals surface area contributed by atoms with Crippen molar-refractivity contribution in [2.75, 3.05) is 7.11 Å². The van der Waals surface area contributed by atoms with Crippen molar-refractivity contribution in [1.29, 1.82) is 0 Å². The van der Waals surface area contributed by atoms with Gasteiger partial charge in [0, 0.05) is 12.6 Å². The molecule has 0 aromatic heterocycles. The van der Waals surface area contributed by atoms with E-state index in [4.69, 9.17) is 9.47 Å². The van der Waals surface area contributed by atoms with Gasteiger partial charge in [-0.1, -0.05) is 12.1 Å². The first kappa shape index (κ1) is 13.5. The van der Waals surface area contributed by atoms with Gasteiger partial charge in [-0.2, -0.15) is 0 Å². The number of carbonyl (C=O) groups excluding carboxylic acids is 1. The van der Waals surface area contributed by atoms with Gasteiger partial charge in [-0.05, 0) is 30.5 Å². The zero-order valence-electron chi connectivity index (χ0n) is 11.3. The Kier molecular flexibility index (Phi) is 3.72. The summed E-state index contributed by atoms with van der Waals surface area (Å²) in [6.45, 7) is 0.588. The normalized spacial score (nSPS) is 31.5. The maximum absolute atomic E-state index is 12.9. The average molecular weight is 279 g/mol. The van der Waals surface area contributed by atoms with E-state index in [1.165, 1.54) is 19.2 Å². The summed E-state index contributed by atoms with van der Waals surface area (Å²) in [5.74, 6) is -0.697. The maximum atomic E-state index is 12.9. The molecular weight excluding hydrogens is 261 g/mol. The summed E-state index contributed by atoms with van der Waals surface area (Å²) in [4.78, 5) is 11.9. The minimum Gasteiger partial charge on any atom is -0.469 e. The Balaban J connectivity index is 1.66. The van der Waals surface area contributed by atoms with Crippen molar-refractivity contribution in [1.82, 2.24) is 5.32 Å². The summed E-state index contributed by atoms with van der Waals surface area (Å²) in [5, 5.41) is 3.37. The van der Waals surface area contributed by atoms with Crippen LogP contribution in [0, 0.1) is 11.7 Å².